The van der Waals surface area contributed by atoms with Gasteiger partial charge in [0.15, 0.2) is 0 Å². The summed E-state index contributed by atoms with van der Waals surface area (Å²) >= 11 is 2.13. The van der Waals surface area contributed by atoms with E-state index in [9.17, 15) is 4.79 Å². The highest BCUT2D eigenvalue weighted by molar-refractivity contribution is 14.1. The van der Waals surface area contributed by atoms with Crippen LogP contribution in [0.2, 0.25) is 0 Å². The van der Waals surface area contributed by atoms with Gasteiger partial charge in [0.25, 0.3) is 0 Å². The fourth-order valence-electron chi connectivity index (χ4n) is 2.13. The van der Waals surface area contributed by atoms with Crippen molar-refractivity contribution in [3.8, 4) is 0 Å². The Morgan fingerprint density at radius 1 is 1.37 bits per heavy atom. The summed E-state index contributed by atoms with van der Waals surface area (Å²) in [6.07, 6.45) is 2.72. The van der Waals surface area contributed by atoms with E-state index in [-0.39, 0.29) is 0 Å². The number of carboxylic acids is 1. The number of rotatable bonds is 5. The van der Waals surface area contributed by atoms with Crippen LogP contribution in [0.1, 0.15) is 28.3 Å². The van der Waals surface area contributed by atoms with Crippen molar-refractivity contribution in [1.82, 2.24) is 14.3 Å². The van der Waals surface area contributed by atoms with Crippen molar-refractivity contribution in [3.05, 3.63) is 39.0 Å². The maximum absolute atomic E-state index is 11.1. The van der Waals surface area contributed by atoms with Crippen LogP contribution in [0, 0.1) is 17.4 Å². The van der Waals surface area contributed by atoms with Gasteiger partial charge in [-0.3, -0.25) is 4.68 Å². The molecule has 0 aliphatic rings. The molecule has 0 spiro atoms. The number of aromatic nitrogens is 3. The number of hydrogen-bond donors (Lipinski definition) is 1. The third-order valence-electron chi connectivity index (χ3n) is 2.95. The van der Waals surface area contributed by atoms with E-state index in [0.29, 0.717) is 12.2 Å². The lowest BCUT2D eigenvalue weighted by Gasteiger charge is -2.07. The Bertz CT molecular complexity index is 601. The maximum atomic E-state index is 11.1. The summed E-state index contributed by atoms with van der Waals surface area (Å²) in [4.78, 5) is 11.1. The molecule has 2 rings (SSSR count). The first-order valence-corrected chi connectivity index (χ1v) is 7.15. The van der Waals surface area contributed by atoms with Crippen molar-refractivity contribution >= 4 is 28.6 Å². The fraction of sp³-hybridized carbons (Fsp3) is 0.385. The minimum atomic E-state index is -0.881. The molecule has 0 saturated heterocycles. The lowest BCUT2D eigenvalue weighted by Crippen LogP contribution is -2.10. The first kappa shape index (κ1) is 14.1. The predicted molar refractivity (Wildman–Crippen MR) is 80.4 cm³/mol. The molecule has 0 unspecified atom stereocenters. The molecule has 0 fully saturated rings. The van der Waals surface area contributed by atoms with E-state index >= 15 is 0 Å². The van der Waals surface area contributed by atoms with Gasteiger partial charge in [-0.25, -0.2) is 4.79 Å². The van der Waals surface area contributed by atoms with E-state index in [0.717, 1.165) is 27.9 Å². The van der Waals surface area contributed by atoms with Gasteiger partial charge in [-0.1, -0.05) is 0 Å². The largest absolute Gasteiger partial charge is 0.477 e. The molecule has 0 saturated carbocycles. The molecule has 0 aliphatic heterocycles. The van der Waals surface area contributed by atoms with Crippen molar-refractivity contribution in [3.63, 3.8) is 0 Å². The average molecular weight is 373 g/mol. The molecule has 0 aliphatic carbocycles. The Kier molecular flexibility index (Phi) is 4.28. The molecule has 0 bridgehead atoms. The number of hydrogen-bond acceptors (Lipinski definition) is 2. The number of carboxylic acid groups (broad SMARTS) is 1. The minimum Gasteiger partial charge on any atom is -0.477 e. The van der Waals surface area contributed by atoms with Crippen LogP contribution >= 0.6 is 22.6 Å². The van der Waals surface area contributed by atoms with Crippen molar-refractivity contribution in [1.29, 1.82) is 0 Å². The Labute approximate surface area is 125 Å². The van der Waals surface area contributed by atoms with E-state index in [1.165, 1.54) is 0 Å². The summed E-state index contributed by atoms with van der Waals surface area (Å²) in [5.41, 5.74) is 2.50. The molecule has 5 nitrogen and oxygen atoms in total. The molecular weight excluding hydrogens is 357 g/mol. The van der Waals surface area contributed by atoms with Gasteiger partial charge >= 0.3 is 5.97 Å². The zero-order valence-electron chi connectivity index (χ0n) is 10.9. The molecule has 1 N–H and O–H groups in total. The molecule has 0 radical (unpaired) electrons. The van der Waals surface area contributed by atoms with Gasteiger partial charge in [-0.2, -0.15) is 5.10 Å². The quantitative estimate of drug-likeness (QED) is 0.820. The van der Waals surface area contributed by atoms with E-state index < -0.39 is 5.97 Å². The summed E-state index contributed by atoms with van der Waals surface area (Å²) in [6.45, 7) is 5.48. The summed E-state index contributed by atoms with van der Waals surface area (Å²) in [6, 6.07) is 3.73. The molecule has 2 heterocycles. The number of carbonyl (C=O) groups is 1. The van der Waals surface area contributed by atoms with Gasteiger partial charge in [0.2, 0.25) is 0 Å². The van der Waals surface area contributed by atoms with Crippen LogP contribution < -0.4 is 0 Å². The van der Waals surface area contributed by atoms with Gasteiger partial charge in [-0.15, -0.1) is 0 Å². The standard InChI is InChI=1S/C13H16IN3O2/c1-9-6-10(2)17(15-9)5-3-4-16-8-11(14)7-12(16)13(18)19/h6-8H,3-5H2,1-2H3,(H,18,19). The zero-order chi connectivity index (χ0) is 14.0. The molecular formula is C13H16IN3O2. The first-order valence-electron chi connectivity index (χ1n) is 6.07. The van der Waals surface area contributed by atoms with Crippen LogP contribution in [0.3, 0.4) is 0 Å². The highest BCUT2D eigenvalue weighted by Crippen LogP contribution is 2.12. The van der Waals surface area contributed by atoms with Crippen LogP contribution in [-0.2, 0) is 13.1 Å². The lowest BCUT2D eigenvalue weighted by molar-refractivity contribution is 0.0685. The van der Waals surface area contributed by atoms with Crippen LogP contribution in [0.5, 0.6) is 0 Å². The molecule has 0 aromatic carbocycles. The van der Waals surface area contributed by atoms with E-state index in [1.807, 2.05) is 30.8 Å². The fourth-order valence-corrected chi connectivity index (χ4v) is 2.76. The molecule has 0 amide bonds. The van der Waals surface area contributed by atoms with Crippen LogP contribution in [0.4, 0.5) is 0 Å². The average Bonchev–Trinajstić information content (AvgIpc) is 2.83. The van der Waals surface area contributed by atoms with E-state index in [4.69, 9.17) is 5.11 Å². The van der Waals surface area contributed by atoms with Gasteiger partial charge in [0.1, 0.15) is 5.69 Å². The van der Waals surface area contributed by atoms with E-state index in [1.54, 1.807) is 10.6 Å². The second-order valence-electron chi connectivity index (χ2n) is 4.55. The third-order valence-corrected chi connectivity index (χ3v) is 3.54. The van der Waals surface area contributed by atoms with Crippen LogP contribution in [0.25, 0.3) is 0 Å². The Morgan fingerprint density at radius 2 is 2.11 bits per heavy atom. The minimum absolute atomic E-state index is 0.345. The summed E-state index contributed by atoms with van der Waals surface area (Å²) in [5.74, 6) is -0.881. The van der Waals surface area contributed by atoms with Crippen molar-refractivity contribution < 1.29 is 9.90 Å². The Morgan fingerprint density at radius 3 is 2.68 bits per heavy atom. The third kappa shape index (κ3) is 3.37. The molecule has 102 valence electrons. The second kappa shape index (κ2) is 5.77. The van der Waals surface area contributed by atoms with Gasteiger partial charge in [0, 0.05) is 28.6 Å². The number of halogens is 1. The summed E-state index contributed by atoms with van der Waals surface area (Å²) in [5, 5.41) is 13.5. The predicted octanol–water partition coefficient (Wildman–Crippen LogP) is 2.69. The highest BCUT2D eigenvalue weighted by atomic mass is 127. The second-order valence-corrected chi connectivity index (χ2v) is 5.79. The van der Waals surface area contributed by atoms with Crippen LogP contribution in [0.15, 0.2) is 18.3 Å². The number of aryl methyl sites for hydroxylation is 4. The maximum Gasteiger partial charge on any atom is 0.352 e. The molecule has 19 heavy (non-hydrogen) atoms. The van der Waals surface area contributed by atoms with Gasteiger partial charge in [0.05, 0.1) is 5.69 Å². The summed E-state index contributed by atoms with van der Waals surface area (Å²) < 4.78 is 4.70. The van der Waals surface area contributed by atoms with Crippen molar-refractivity contribution in [2.24, 2.45) is 0 Å². The Balaban J connectivity index is 1.99. The number of nitrogens with zero attached hydrogens (tertiary/aromatic N) is 3. The normalized spacial score (nSPS) is 10.9. The number of aromatic carboxylic acids is 1. The van der Waals surface area contributed by atoms with Gasteiger partial charge in [-0.05, 0) is 55.0 Å². The monoisotopic (exact) mass is 373 g/mol. The van der Waals surface area contributed by atoms with E-state index in [2.05, 4.69) is 27.7 Å². The molecule has 6 heteroatoms. The van der Waals surface area contributed by atoms with Crippen LogP contribution in [-0.4, -0.2) is 25.4 Å². The first-order chi connectivity index (χ1) is 8.97. The molecule has 2 aromatic rings. The SMILES string of the molecule is Cc1cc(C)n(CCCn2cc(I)cc2C(=O)O)n1. The lowest BCUT2D eigenvalue weighted by atomic mass is 10.3. The van der Waals surface area contributed by atoms with Crippen molar-refractivity contribution in [2.75, 3.05) is 0 Å². The van der Waals surface area contributed by atoms with Crippen molar-refractivity contribution in [2.45, 2.75) is 33.4 Å². The topological polar surface area (TPSA) is 60.0 Å². The molecule has 0 atom stereocenters. The Hall–Kier alpha value is -1.31. The smallest absolute Gasteiger partial charge is 0.352 e. The highest BCUT2D eigenvalue weighted by Gasteiger charge is 2.11. The zero-order valence-corrected chi connectivity index (χ0v) is 13.1. The molecule has 2 aromatic heterocycles. The van der Waals surface area contributed by atoms with Gasteiger partial charge < -0.3 is 9.67 Å². The summed E-state index contributed by atoms with van der Waals surface area (Å²) in [7, 11) is 0.